The van der Waals surface area contributed by atoms with E-state index in [1.165, 1.54) is 17.4 Å². The van der Waals surface area contributed by atoms with Gasteiger partial charge in [0, 0.05) is 12.2 Å². The fourth-order valence-electron chi connectivity index (χ4n) is 2.42. The van der Waals surface area contributed by atoms with E-state index in [-0.39, 0.29) is 17.3 Å². The normalized spacial score (nSPS) is 13.3. The van der Waals surface area contributed by atoms with Crippen molar-refractivity contribution in [2.45, 2.75) is 11.0 Å². The minimum Gasteiger partial charge on any atom is -0.390 e. The van der Waals surface area contributed by atoms with E-state index in [1.807, 2.05) is 24.3 Å². The van der Waals surface area contributed by atoms with Crippen LogP contribution in [-0.2, 0) is 10.1 Å². The lowest BCUT2D eigenvalue weighted by Gasteiger charge is -2.12. The van der Waals surface area contributed by atoms with Gasteiger partial charge in [-0.25, -0.2) is 4.98 Å². The van der Waals surface area contributed by atoms with Gasteiger partial charge in [-0.3, -0.25) is 4.55 Å². The second kappa shape index (κ2) is 8.37. The van der Waals surface area contributed by atoms with E-state index in [0.29, 0.717) is 11.3 Å². The fourth-order valence-corrected chi connectivity index (χ4v) is 4.11. The molecule has 0 aliphatic heterocycles. The highest BCUT2D eigenvalue weighted by Crippen LogP contribution is 2.26. The van der Waals surface area contributed by atoms with Crippen LogP contribution in [-0.4, -0.2) is 41.6 Å². The van der Waals surface area contributed by atoms with E-state index < -0.39 is 16.2 Å². The molecule has 0 saturated carbocycles. The van der Waals surface area contributed by atoms with Crippen LogP contribution in [0.5, 0.6) is 0 Å². The van der Waals surface area contributed by atoms with Crippen LogP contribution in [0, 0.1) is 0 Å². The Morgan fingerprint density at radius 3 is 2.70 bits per heavy atom. The van der Waals surface area contributed by atoms with Gasteiger partial charge in [-0.2, -0.15) is 8.42 Å². The number of hydrogen-bond donors (Lipinski definition) is 3. The lowest BCUT2D eigenvalue weighted by Crippen LogP contribution is -2.20. The van der Waals surface area contributed by atoms with Gasteiger partial charge in [0.15, 0.2) is 0 Å². The van der Waals surface area contributed by atoms with Crippen LogP contribution in [0.1, 0.15) is 10.6 Å². The molecule has 0 spiro atoms. The Hall–Kier alpha value is -1.97. The largest absolute Gasteiger partial charge is 0.390 e. The molecule has 0 saturated heterocycles. The SMILES string of the molecule is O=S(=O)(O)c1cc(NCC(O)CCl)ccc1C=Cc1nc2ccccc2s1. The average Bonchev–Trinajstić information content (AvgIpc) is 3.07. The molecule has 0 bridgehead atoms. The lowest BCUT2D eigenvalue weighted by atomic mass is 10.2. The van der Waals surface area contributed by atoms with Crippen molar-refractivity contribution in [3.05, 3.63) is 53.0 Å². The molecule has 0 fully saturated rings. The van der Waals surface area contributed by atoms with Crippen LogP contribution in [0.15, 0.2) is 47.4 Å². The summed E-state index contributed by atoms with van der Waals surface area (Å²) < 4.78 is 34.1. The van der Waals surface area contributed by atoms with Crippen molar-refractivity contribution in [3.63, 3.8) is 0 Å². The van der Waals surface area contributed by atoms with Crippen LogP contribution < -0.4 is 5.32 Å². The van der Waals surface area contributed by atoms with Crippen molar-refractivity contribution < 1.29 is 18.1 Å². The van der Waals surface area contributed by atoms with E-state index in [1.54, 1.807) is 24.3 Å². The maximum atomic E-state index is 11.8. The van der Waals surface area contributed by atoms with Crippen LogP contribution in [0.25, 0.3) is 22.4 Å². The molecule has 1 atom stereocenters. The van der Waals surface area contributed by atoms with Gasteiger partial charge in [-0.15, -0.1) is 22.9 Å². The third-order valence-corrected chi connectivity index (χ3v) is 5.99. The second-order valence-electron chi connectivity index (χ2n) is 5.77. The summed E-state index contributed by atoms with van der Waals surface area (Å²) >= 11 is 7.02. The van der Waals surface area contributed by atoms with Gasteiger partial charge in [-0.1, -0.05) is 24.3 Å². The summed E-state index contributed by atoms with van der Waals surface area (Å²) in [5.74, 6) is 0.0567. The molecule has 0 aliphatic carbocycles. The van der Waals surface area contributed by atoms with Gasteiger partial charge >= 0.3 is 0 Å². The Morgan fingerprint density at radius 1 is 1.22 bits per heavy atom. The molecule has 1 aromatic heterocycles. The van der Waals surface area contributed by atoms with Gasteiger partial charge in [0.1, 0.15) is 9.90 Å². The molecule has 9 heteroatoms. The van der Waals surface area contributed by atoms with Crippen molar-refractivity contribution in [3.8, 4) is 0 Å². The summed E-state index contributed by atoms with van der Waals surface area (Å²) in [5.41, 5.74) is 1.65. The van der Waals surface area contributed by atoms with Crippen molar-refractivity contribution in [1.82, 2.24) is 4.98 Å². The zero-order valence-corrected chi connectivity index (χ0v) is 16.4. The molecule has 0 amide bonds. The number of anilines is 1. The Balaban J connectivity index is 1.89. The molecule has 3 N–H and O–H groups in total. The molecule has 3 rings (SSSR count). The predicted octanol–water partition coefficient (Wildman–Crippen LogP) is 3.73. The number of para-hydroxylation sites is 1. The van der Waals surface area contributed by atoms with Gasteiger partial charge < -0.3 is 10.4 Å². The number of rotatable bonds is 7. The first kappa shape index (κ1) is 19.8. The number of aromatic nitrogens is 1. The van der Waals surface area contributed by atoms with Gasteiger partial charge in [0.2, 0.25) is 0 Å². The third kappa shape index (κ3) is 5.06. The highest BCUT2D eigenvalue weighted by atomic mass is 35.5. The standard InChI is InChI=1S/C18H17ClN2O4S2/c19-10-14(22)11-20-13-7-5-12(17(9-13)27(23,24)25)6-8-18-21-15-3-1-2-4-16(15)26-18/h1-9,14,20,22H,10-11H2,(H,23,24,25). The van der Waals surface area contributed by atoms with Crippen LogP contribution in [0.3, 0.4) is 0 Å². The van der Waals surface area contributed by atoms with E-state index >= 15 is 0 Å². The Kier molecular flexibility index (Phi) is 6.13. The number of alkyl halides is 1. The summed E-state index contributed by atoms with van der Waals surface area (Å²) in [4.78, 5) is 4.23. The molecule has 27 heavy (non-hydrogen) atoms. The van der Waals surface area contributed by atoms with Gasteiger partial charge in [-0.05, 0) is 35.9 Å². The summed E-state index contributed by atoms with van der Waals surface area (Å²) in [6.45, 7) is 0.162. The molecule has 142 valence electrons. The van der Waals surface area contributed by atoms with Gasteiger partial charge in [0.05, 0.1) is 22.2 Å². The van der Waals surface area contributed by atoms with Crippen LogP contribution >= 0.6 is 22.9 Å². The first-order valence-electron chi connectivity index (χ1n) is 8.00. The summed E-state index contributed by atoms with van der Waals surface area (Å²) in [5, 5.41) is 13.1. The van der Waals surface area contributed by atoms with E-state index in [2.05, 4.69) is 10.3 Å². The Morgan fingerprint density at radius 2 is 2.00 bits per heavy atom. The molecular weight excluding hydrogens is 408 g/mol. The molecule has 6 nitrogen and oxygen atoms in total. The molecule has 2 aromatic carbocycles. The topological polar surface area (TPSA) is 99.5 Å². The van der Waals surface area contributed by atoms with Crippen molar-refractivity contribution in [2.75, 3.05) is 17.7 Å². The number of nitrogens with zero attached hydrogens (tertiary/aromatic N) is 1. The number of aliphatic hydroxyl groups excluding tert-OH is 1. The fraction of sp³-hybridized carbons (Fsp3) is 0.167. The average molecular weight is 425 g/mol. The number of aliphatic hydroxyl groups is 1. The minimum absolute atomic E-state index is 0.0567. The smallest absolute Gasteiger partial charge is 0.295 e. The maximum Gasteiger partial charge on any atom is 0.295 e. The van der Waals surface area contributed by atoms with Crippen LogP contribution in [0.4, 0.5) is 5.69 Å². The number of hydrogen-bond acceptors (Lipinski definition) is 6. The van der Waals surface area contributed by atoms with E-state index in [0.717, 1.165) is 15.2 Å². The molecule has 1 heterocycles. The first-order chi connectivity index (χ1) is 12.9. The maximum absolute atomic E-state index is 11.8. The zero-order chi connectivity index (χ0) is 19.4. The first-order valence-corrected chi connectivity index (χ1v) is 10.8. The van der Waals surface area contributed by atoms with Gasteiger partial charge in [0.25, 0.3) is 10.1 Å². The number of halogens is 1. The number of thiazole rings is 1. The highest BCUT2D eigenvalue weighted by molar-refractivity contribution is 7.86. The minimum atomic E-state index is -4.43. The molecule has 0 aliphatic rings. The summed E-state index contributed by atoms with van der Waals surface area (Å²) in [6.07, 6.45) is 2.54. The number of benzene rings is 2. The van der Waals surface area contributed by atoms with E-state index in [4.69, 9.17) is 11.6 Å². The highest BCUT2D eigenvalue weighted by Gasteiger charge is 2.15. The lowest BCUT2D eigenvalue weighted by molar-refractivity contribution is 0.211. The van der Waals surface area contributed by atoms with Crippen molar-refractivity contribution >= 4 is 61.1 Å². The number of fused-ring (bicyclic) bond motifs is 1. The predicted molar refractivity (Wildman–Crippen MR) is 110 cm³/mol. The summed E-state index contributed by atoms with van der Waals surface area (Å²) in [6, 6.07) is 12.2. The molecular formula is C18H17ClN2O4S2. The molecule has 0 radical (unpaired) electrons. The zero-order valence-electron chi connectivity index (χ0n) is 14.0. The quantitative estimate of drug-likeness (QED) is 0.395. The second-order valence-corrected chi connectivity index (χ2v) is 8.53. The van der Waals surface area contributed by atoms with Crippen molar-refractivity contribution in [2.24, 2.45) is 0 Å². The Labute approximate surface area is 165 Å². The molecule has 3 aromatic rings. The molecule has 1 unspecified atom stereocenters. The summed E-state index contributed by atoms with van der Waals surface area (Å²) in [7, 11) is -4.43. The monoisotopic (exact) mass is 424 g/mol. The third-order valence-electron chi connectivity index (χ3n) is 3.73. The van der Waals surface area contributed by atoms with E-state index in [9.17, 15) is 18.1 Å². The van der Waals surface area contributed by atoms with Crippen LogP contribution in [0.2, 0.25) is 0 Å². The Bertz CT molecular complexity index is 1050. The number of nitrogens with one attached hydrogen (secondary N) is 1. The van der Waals surface area contributed by atoms with Crippen molar-refractivity contribution in [1.29, 1.82) is 0 Å².